The molecule has 7 nitrogen and oxygen atoms in total. The van der Waals surface area contributed by atoms with Crippen molar-refractivity contribution in [1.29, 1.82) is 0 Å². The number of anilines is 1. The molecule has 2 aromatic rings. The van der Waals surface area contributed by atoms with Crippen molar-refractivity contribution in [3.8, 4) is 0 Å². The number of H-pyrrole nitrogens is 1. The summed E-state index contributed by atoms with van der Waals surface area (Å²) in [6.45, 7) is 2.48. The van der Waals surface area contributed by atoms with Crippen molar-refractivity contribution < 1.29 is 4.92 Å². The summed E-state index contributed by atoms with van der Waals surface area (Å²) >= 11 is 1.36. The van der Waals surface area contributed by atoms with E-state index in [9.17, 15) is 14.9 Å². The summed E-state index contributed by atoms with van der Waals surface area (Å²) in [5, 5.41) is 14.4. The van der Waals surface area contributed by atoms with E-state index in [4.69, 9.17) is 0 Å². The molecule has 0 aliphatic heterocycles. The average molecular weight is 306 g/mol. The average Bonchev–Trinajstić information content (AvgIpc) is 2.45. The molecule has 1 aromatic heterocycles. The van der Waals surface area contributed by atoms with Crippen LogP contribution in [0.25, 0.3) is 0 Å². The highest BCUT2D eigenvalue weighted by Crippen LogP contribution is 2.28. The molecule has 1 heterocycles. The minimum Gasteiger partial charge on any atom is -0.380 e. The van der Waals surface area contributed by atoms with Crippen LogP contribution in [0.2, 0.25) is 0 Å². The fourth-order valence-corrected chi connectivity index (χ4v) is 2.53. The van der Waals surface area contributed by atoms with Gasteiger partial charge in [0.2, 0.25) is 0 Å². The molecule has 0 spiro atoms. The van der Waals surface area contributed by atoms with Gasteiger partial charge in [0.05, 0.1) is 4.92 Å². The first-order valence-electron chi connectivity index (χ1n) is 6.29. The Bertz CT molecular complexity index is 702. The number of benzene rings is 1. The zero-order valence-electron chi connectivity index (χ0n) is 11.3. The number of hydrogen-bond acceptors (Lipinski definition) is 6. The van der Waals surface area contributed by atoms with E-state index in [1.807, 2.05) is 6.92 Å². The van der Waals surface area contributed by atoms with Crippen LogP contribution < -0.4 is 10.9 Å². The van der Waals surface area contributed by atoms with Crippen molar-refractivity contribution in [2.75, 3.05) is 11.9 Å². The van der Waals surface area contributed by atoms with Crippen LogP contribution in [0.3, 0.4) is 0 Å². The highest BCUT2D eigenvalue weighted by atomic mass is 32.2. The molecule has 0 bridgehead atoms. The highest BCUT2D eigenvalue weighted by Gasteiger charge is 2.13. The zero-order valence-corrected chi connectivity index (χ0v) is 12.1. The Hall–Kier alpha value is -2.35. The number of nitro benzene ring substituents is 1. The van der Waals surface area contributed by atoms with Gasteiger partial charge in [0.15, 0.2) is 5.16 Å². The van der Waals surface area contributed by atoms with Crippen molar-refractivity contribution >= 4 is 23.1 Å². The molecule has 110 valence electrons. The summed E-state index contributed by atoms with van der Waals surface area (Å²) in [5.41, 5.74) is 1.25. The van der Waals surface area contributed by atoms with Gasteiger partial charge >= 0.3 is 0 Å². The van der Waals surface area contributed by atoms with Gasteiger partial charge in [0.1, 0.15) is 5.69 Å². The lowest BCUT2D eigenvalue weighted by Crippen LogP contribution is -2.05. The van der Waals surface area contributed by atoms with Gasteiger partial charge < -0.3 is 10.3 Å². The summed E-state index contributed by atoms with van der Waals surface area (Å²) in [4.78, 5) is 28.4. The number of thioether (sulfide) groups is 1. The lowest BCUT2D eigenvalue weighted by Gasteiger charge is -2.07. The van der Waals surface area contributed by atoms with E-state index in [-0.39, 0.29) is 11.2 Å². The second-order valence-electron chi connectivity index (χ2n) is 4.17. The molecule has 0 fully saturated rings. The lowest BCUT2D eigenvalue weighted by atomic mass is 10.2. The molecule has 0 aliphatic carbocycles. The van der Waals surface area contributed by atoms with Crippen molar-refractivity contribution in [2.24, 2.45) is 0 Å². The number of nitro groups is 1. The molecule has 0 amide bonds. The smallest absolute Gasteiger partial charge is 0.292 e. The quantitative estimate of drug-likeness (QED) is 0.368. The first-order chi connectivity index (χ1) is 10.1. The van der Waals surface area contributed by atoms with Crippen molar-refractivity contribution in [3.05, 3.63) is 56.5 Å². The second-order valence-corrected chi connectivity index (χ2v) is 5.13. The number of aromatic nitrogens is 2. The zero-order chi connectivity index (χ0) is 15.2. The molecule has 2 rings (SSSR count). The number of nitrogens with one attached hydrogen (secondary N) is 2. The number of aromatic amines is 1. The number of hydrogen-bond donors (Lipinski definition) is 2. The largest absolute Gasteiger partial charge is 0.380 e. The molecule has 0 unspecified atom stereocenters. The van der Waals surface area contributed by atoms with Crippen LogP contribution >= 0.6 is 11.8 Å². The SMILES string of the molecule is CCNc1cc(CSc2nccc(=O)[nH]2)ccc1[N+](=O)[O-]. The maximum absolute atomic E-state index is 11.2. The van der Waals surface area contributed by atoms with Gasteiger partial charge in [0.25, 0.3) is 11.2 Å². The molecule has 0 aliphatic rings. The van der Waals surface area contributed by atoms with E-state index in [1.54, 1.807) is 12.1 Å². The van der Waals surface area contributed by atoms with E-state index in [2.05, 4.69) is 15.3 Å². The minimum absolute atomic E-state index is 0.0526. The van der Waals surface area contributed by atoms with Gasteiger partial charge in [0, 0.05) is 30.6 Å². The monoisotopic (exact) mass is 306 g/mol. The fourth-order valence-electron chi connectivity index (χ4n) is 1.74. The number of rotatable bonds is 6. The molecule has 8 heteroatoms. The Kier molecular flexibility index (Phi) is 4.94. The molecule has 0 radical (unpaired) electrons. The summed E-state index contributed by atoms with van der Waals surface area (Å²) in [6.07, 6.45) is 1.45. The van der Waals surface area contributed by atoms with Crippen LogP contribution in [-0.2, 0) is 5.75 Å². The van der Waals surface area contributed by atoms with Gasteiger partial charge in [-0.05, 0) is 18.6 Å². The number of nitrogens with zero attached hydrogens (tertiary/aromatic N) is 2. The Morgan fingerprint density at radius 2 is 2.24 bits per heavy atom. The third kappa shape index (κ3) is 4.06. The van der Waals surface area contributed by atoms with Gasteiger partial charge in [-0.3, -0.25) is 14.9 Å². The Labute approximate surface area is 125 Å². The van der Waals surface area contributed by atoms with Crippen LogP contribution in [0.1, 0.15) is 12.5 Å². The van der Waals surface area contributed by atoms with E-state index in [0.29, 0.717) is 23.1 Å². The molecule has 0 saturated heterocycles. The predicted molar refractivity (Wildman–Crippen MR) is 81.7 cm³/mol. The molecule has 0 atom stereocenters. The van der Waals surface area contributed by atoms with Crippen LogP contribution in [-0.4, -0.2) is 21.4 Å². The van der Waals surface area contributed by atoms with Crippen LogP contribution in [0.4, 0.5) is 11.4 Å². The topological polar surface area (TPSA) is 101 Å². The van der Waals surface area contributed by atoms with E-state index >= 15 is 0 Å². The molecular formula is C13H14N4O3S. The predicted octanol–water partition coefficient (Wildman–Crippen LogP) is 2.40. The van der Waals surface area contributed by atoms with Gasteiger partial charge in [-0.1, -0.05) is 17.8 Å². The summed E-state index contributed by atoms with van der Waals surface area (Å²) in [7, 11) is 0. The third-order valence-electron chi connectivity index (χ3n) is 2.65. The fraction of sp³-hybridized carbons (Fsp3) is 0.231. The van der Waals surface area contributed by atoms with Gasteiger partial charge in [-0.25, -0.2) is 4.98 Å². The summed E-state index contributed by atoms with van der Waals surface area (Å²) in [5.74, 6) is 0.559. The molecule has 0 saturated carbocycles. The summed E-state index contributed by atoms with van der Waals surface area (Å²) in [6, 6.07) is 6.27. The standard InChI is InChI=1S/C13H14N4O3S/c1-2-14-10-7-9(3-4-11(10)17(19)20)8-21-13-15-6-5-12(18)16-13/h3-7,14H,2,8H2,1H3,(H,15,16,18). The van der Waals surface area contributed by atoms with Crippen LogP contribution in [0.15, 0.2) is 40.4 Å². The van der Waals surface area contributed by atoms with Crippen LogP contribution in [0, 0.1) is 10.1 Å². The lowest BCUT2D eigenvalue weighted by molar-refractivity contribution is -0.384. The van der Waals surface area contributed by atoms with Crippen molar-refractivity contribution in [3.63, 3.8) is 0 Å². The second kappa shape index (κ2) is 6.89. The highest BCUT2D eigenvalue weighted by molar-refractivity contribution is 7.98. The van der Waals surface area contributed by atoms with E-state index < -0.39 is 4.92 Å². The van der Waals surface area contributed by atoms with E-state index in [1.165, 1.54) is 30.1 Å². The molecule has 2 N–H and O–H groups in total. The Balaban J connectivity index is 2.15. The van der Waals surface area contributed by atoms with Gasteiger partial charge in [-0.2, -0.15) is 0 Å². The van der Waals surface area contributed by atoms with Crippen LogP contribution in [0.5, 0.6) is 0 Å². The molecular weight excluding hydrogens is 292 g/mol. The van der Waals surface area contributed by atoms with Crippen molar-refractivity contribution in [2.45, 2.75) is 17.8 Å². The molecule has 21 heavy (non-hydrogen) atoms. The Morgan fingerprint density at radius 1 is 1.43 bits per heavy atom. The first kappa shape index (κ1) is 15.0. The first-order valence-corrected chi connectivity index (χ1v) is 7.28. The minimum atomic E-state index is -0.412. The summed E-state index contributed by atoms with van der Waals surface area (Å²) < 4.78 is 0. The Morgan fingerprint density at radius 3 is 2.90 bits per heavy atom. The molecule has 1 aromatic carbocycles. The maximum atomic E-state index is 11.2. The van der Waals surface area contributed by atoms with E-state index in [0.717, 1.165) is 5.56 Å². The maximum Gasteiger partial charge on any atom is 0.292 e. The normalized spacial score (nSPS) is 10.3. The third-order valence-corrected chi connectivity index (χ3v) is 3.61. The van der Waals surface area contributed by atoms with Crippen molar-refractivity contribution in [1.82, 2.24) is 9.97 Å². The van der Waals surface area contributed by atoms with Gasteiger partial charge in [-0.15, -0.1) is 0 Å².